The molecule has 0 radical (unpaired) electrons. The lowest BCUT2D eigenvalue weighted by Crippen LogP contribution is -2.41. The molecule has 9 heteroatoms. The summed E-state index contributed by atoms with van der Waals surface area (Å²) >= 11 is 5.99. The van der Waals surface area contributed by atoms with Crippen molar-refractivity contribution in [3.63, 3.8) is 0 Å². The van der Waals surface area contributed by atoms with E-state index in [4.69, 9.17) is 11.6 Å². The van der Waals surface area contributed by atoms with Crippen LogP contribution in [0, 0.1) is 11.8 Å². The first-order valence-electron chi connectivity index (χ1n) is 11.6. The number of aromatic nitrogens is 1. The Balaban J connectivity index is 1.28. The molecule has 178 valence electrons. The van der Waals surface area contributed by atoms with Gasteiger partial charge in [0.15, 0.2) is 0 Å². The second kappa shape index (κ2) is 10.5. The van der Waals surface area contributed by atoms with Gasteiger partial charge in [0.25, 0.3) is 0 Å². The number of nitrogens with one attached hydrogen (secondary N) is 1. The molecule has 1 aromatic carbocycles. The number of hydrogen-bond acceptors (Lipinski definition) is 5. The minimum absolute atomic E-state index is 0.00808. The van der Waals surface area contributed by atoms with E-state index < -0.39 is 10.0 Å². The Kier molecular flexibility index (Phi) is 7.69. The minimum Gasteiger partial charge on any atom is -0.326 e. The SMILES string of the molecule is CC1CCN(Cc2ccc(NC(=O)C3CCN(S(=O)(=O)c4cccnc4Cl)CC3)cc2)CC1. The lowest BCUT2D eigenvalue weighted by Gasteiger charge is -2.30. The van der Waals surface area contributed by atoms with Gasteiger partial charge in [0.05, 0.1) is 0 Å². The number of sulfonamides is 1. The predicted octanol–water partition coefficient (Wildman–Crippen LogP) is 4.01. The summed E-state index contributed by atoms with van der Waals surface area (Å²) in [5.41, 5.74) is 2.02. The van der Waals surface area contributed by atoms with Crippen LogP contribution in [0.1, 0.15) is 38.2 Å². The molecule has 0 aliphatic carbocycles. The van der Waals surface area contributed by atoms with Crippen molar-refractivity contribution in [1.82, 2.24) is 14.2 Å². The smallest absolute Gasteiger partial charge is 0.246 e. The highest BCUT2D eigenvalue weighted by Gasteiger charge is 2.33. The van der Waals surface area contributed by atoms with Crippen molar-refractivity contribution in [2.45, 2.75) is 44.0 Å². The number of amides is 1. The number of nitrogens with zero attached hydrogens (tertiary/aromatic N) is 3. The fourth-order valence-corrected chi connectivity index (χ4v) is 6.37. The summed E-state index contributed by atoms with van der Waals surface area (Å²) in [6.45, 7) is 6.09. The van der Waals surface area contributed by atoms with E-state index in [1.165, 1.54) is 35.0 Å². The summed E-state index contributed by atoms with van der Waals surface area (Å²) in [6, 6.07) is 11.0. The van der Waals surface area contributed by atoms with Gasteiger partial charge in [-0.3, -0.25) is 9.69 Å². The summed E-state index contributed by atoms with van der Waals surface area (Å²) in [4.78, 5) is 19.1. The number of pyridine rings is 1. The lowest BCUT2D eigenvalue weighted by atomic mass is 9.97. The largest absolute Gasteiger partial charge is 0.326 e. The van der Waals surface area contributed by atoms with E-state index in [0.29, 0.717) is 12.8 Å². The van der Waals surface area contributed by atoms with E-state index in [0.717, 1.165) is 31.2 Å². The van der Waals surface area contributed by atoms with E-state index >= 15 is 0 Å². The summed E-state index contributed by atoms with van der Waals surface area (Å²) < 4.78 is 27.1. The summed E-state index contributed by atoms with van der Waals surface area (Å²) in [5.74, 6) is 0.527. The number of halogens is 1. The van der Waals surface area contributed by atoms with Crippen LogP contribution in [0.4, 0.5) is 5.69 Å². The first kappa shape index (κ1) is 24.1. The van der Waals surface area contributed by atoms with E-state index in [1.54, 1.807) is 6.07 Å². The molecule has 1 aromatic heterocycles. The third-order valence-electron chi connectivity index (χ3n) is 6.67. The number of carbonyl (C=O) groups is 1. The van der Waals surface area contributed by atoms with Crippen molar-refractivity contribution in [3.8, 4) is 0 Å². The van der Waals surface area contributed by atoms with Gasteiger partial charge in [-0.1, -0.05) is 30.7 Å². The molecule has 1 amide bonds. The van der Waals surface area contributed by atoms with Crippen LogP contribution in [0.5, 0.6) is 0 Å². The number of hydrogen-bond donors (Lipinski definition) is 1. The van der Waals surface area contributed by atoms with Gasteiger partial charge in [-0.05, 0) is 74.5 Å². The van der Waals surface area contributed by atoms with Crippen LogP contribution < -0.4 is 5.32 Å². The Morgan fingerprint density at radius 2 is 1.73 bits per heavy atom. The number of carbonyl (C=O) groups excluding carboxylic acids is 1. The molecule has 4 rings (SSSR count). The van der Waals surface area contributed by atoms with Crippen LogP contribution in [0.3, 0.4) is 0 Å². The fourth-order valence-electron chi connectivity index (χ4n) is 4.48. The molecule has 2 aliphatic heterocycles. The molecule has 7 nitrogen and oxygen atoms in total. The molecule has 0 spiro atoms. The van der Waals surface area contributed by atoms with Crippen molar-refractivity contribution in [2.75, 3.05) is 31.5 Å². The normalized spacial score (nSPS) is 19.5. The zero-order valence-electron chi connectivity index (χ0n) is 18.9. The number of rotatable bonds is 6. The van der Waals surface area contributed by atoms with Crippen LogP contribution in [0.15, 0.2) is 47.5 Å². The second-order valence-electron chi connectivity index (χ2n) is 9.12. The molecule has 3 heterocycles. The highest BCUT2D eigenvalue weighted by molar-refractivity contribution is 7.89. The molecule has 2 aromatic rings. The standard InChI is InChI=1S/C24H31ClN4O3S/c1-18-8-13-28(14-9-18)17-19-4-6-21(7-5-19)27-24(30)20-10-15-29(16-11-20)33(31,32)22-3-2-12-26-23(22)25/h2-7,12,18,20H,8-11,13-17H2,1H3,(H,27,30). The zero-order chi connectivity index (χ0) is 23.4. The van der Waals surface area contributed by atoms with Gasteiger partial charge >= 0.3 is 0 Å². The van der Waals surface area contributed by atoms with Crippen LogP contribution in [0.2, 0.25) is 5.15 Å². The first-order chi connectivity index (χ1) is 15.8. The Morgan fingerprint density at radius 1 is 1.06 bits per heavy atom. The third kappa shape index (κ3) is 5.93. The molecule has 1 N–H and O–H groups in total. The molecular weight excluding hydrogens is 460 g/mol. The quantitative estimate of drug-likeness (QED) is 0.619. The number of benzene rings is 1. The molecule has 2 saturated heterocycles. The number of anilines is 1. The maximum atomic E-state index is 12.9. The van der Waals surface area contributed by atoms with Crippen molar-refractivity contribution >= 4 is 33.2 Å². The van der Waals surface area contributed by atoms with Crippen molar-refractivity contribution in [3.05, 3.63) is 53.3 Å². The monoisotopic (exact) mass is 490 g/mol. The Morgan fingerprint density at radius 3 is 2.36 bits per heavy atom. The molecule has 0 atom stereocenters. The van der Waals surface area contributed by atoms with E-state index in [-0.39, 0.29) is 35.0 Å². The van der Waals surface area contributed by atoms with Crippen molar-refractivity contribution in [1.29, 1.82) is 0 Å². The lowest BCUT2D eigenvalue weighted by molar-refractivity contribution is -0.120. The number of piperidine rings is 2. The molecular formula is C24H31ClN4O3S. The van der Waals surface area contributed by atoms with Gasteiger partial charge in [0, 0.05) is 37.4 Å². The first-order valence-corrected chi connectivity index (χ1v) is 13.4. The van der Waals surface area contributed by atoms with Crippen molar-refractivity contribution in [2.24, 2.45) is 11.8 Å². The van der Waals surface area contributed by atoms with Crippen LogP contribution in [0.25, 0.3) is 0 Å². The molecule has 2 aliphatic rings. The Hall–Kier alpha value is -2.00. The van der Waals surface area contributed by atoms with Gasteiger partial charge < -0.3 is 5.32 Å². The average molecular weight is 491 g/mol. The van der Waals surface area contributed by atoms with E-state index in [1.807, 2.05) is 12.1 Å². The molecule has 33 heavy (non-hydrogen) atoms. The molecule has 0 unspecified atom stereocenters. The topological polar surface area (TPSA) is 82.6 Å². The van der Waals surface area contributed by atoms with Crippen LogP contribution >= 0.6 is 11.6 Å². The summed E-state index contributed by atoms with van der Waals surface area (Å²) in [7, 11) is -3.72. The fraction of sp³-hybridized carbons (Fsp3) is 0.500. The average Bonchev–Trinajstić information content (AvgIpc) is 2.82. The summed E-state index contributed by atoms with van der Waals surface area (Å²) in [5, 5.41) is 2.96. The van der Waals surface area contributed by atoms with Gasteiger partial charge in [0.1, 0.15) is 10.0 Å². The van der Waals surface area contributed by atoms with Gasteiger partial charge in [-0.15, -0.1) is 0 Å². The van der Waals surface area contributed by atoms with Crippen LogP contribution in [-0.4, -0.2) is 54.7 Å². The molecule has 0 bridgehead atoms. The van der Waals surface area contributed by atoms with Gasteiger partial charge in [-0.2, -0.15) is 4.31 Å². The third-order valence-corrected chi connectivity index (χ3v) is 9.01. The summed E-state index contributed by atoms with van der Waals surface area (Å²) in [6.07, 6.45) is 4.90. The number of likely N-dealkylation sites (tertiary alicyclic amines) is 1. The molecule has 0 saturated carbocycles. The zero-order valence-corrected chi connectivity index (χ0v) is 20.5. The maximum absolute atomic E-state index is 12.9. The van der Waals surface area contributed by atoms with Crippen molar-refractivity contribution < 1.29 is 13.2 Å². The highest BCUT2D eigenvalue weighted by Crippen LogP contribution is 2.28. The van der Waals surface area contributed by atoms with Gasteiger partial charge in [0.2, 0.25) is 15.9 Å². The van der Waals surface area contributed by atoms with Gasteiger partial charge in [-0.25, -0.2) is 13.4 Å². The van der Waals surface area contributed by atoms with E-state index in [9.17, 15) is 13.2 Å². The minimum atomic E-state index is -3.72. The Labute approximate surface area is 201 Å². The van der Waals surface area contributed by atoms with Crippen LogP contribution in [-0.2, 0) is 21.4 Å². The van der Waals surface area contributed by atoms with E-state index in [2.05, 4.69) is 34.3 Å². The molecule has 2 fully saturated rings. The Bertz CT molecular complexity index is 1060. The highest BCUT2D eigenvalue weighted by atomic mass is 35.5. The maximum Gasteiger partial charge on any atom is 0.246 e. The predicted molar refractivity (Wildman–Crippen MR) is 129 cm³/mol. The second-order valence-corrected chi connectivity index (χ2v) is 11.4.